The van der Waals surface area contributed by atoms with E-state index in [1.165, 1.54) is 31.7 Å². The normalized spacial score (nSPS) is 11.3. The maximum absolute atomic E-state index is 11.6. The molecule has 4 heteroatoms. The highest BCUT2D eigenvalue weighted by Crippen LogP contribution is 2.44. The van der Waals surface area contributed by atoms with Gasteiger partial charge in [-0.2, -0.15) is 5.26 Å². The molecule has 9 aromatic carbocycles. The van der Waals surface area contributed by atoms with E-state index >= 15 is 0 Å². The van der Waals surface area contributed by atoms with Gasteiger partial charge in [0, 0.05) is 37.3 Å². The van der Waals surface area contributed by atoms with E-state index in [1.807, 2.05) is 0 Å². The number of rotatable bonds is 9. The van der Waals surface area contributed by atoms with Gasteiger partial charge in [-0.25, -0.2) is 0 Å². The summed E-state index contributed by atoms with van der Waals surface area (Å²) in [6, 6.07) is 85.6. The fraction of sp³-hybridized carbons (Fsp3) is 0. The number of thiophene rings is 2. The van der Waals surface area contributed by atoms with Crippen LogP contribution in [0.4, 0.5) is 0 Å². The molecule has 12 rings (SSSR count). The molecule has 0 fully saturated rings. The number of fused-ring (bicyclic) bond motifs is 3. The molecule has 12 aromatic rings. The van der Waals surface area contributed by atoms with Crippen molar-refractivity contribution in [3.8, 4) is 99.4 Å². The largest absolute Gasteiger partial charge is 0.309 e. The van der Waals surface area contributed by atoms with Crippen LogP contribution in [0, 0.1) is 11.3 Å². The van der Waals surface area contributed by atoms with E-state index in [0.29, 0.717) is 5.56 Å². The molecule has 3 heterocycles. The first kappa shape index (κ1) is 40.2. The molecule has 0 aliphatic rings. The van der Waals surface area contributed by atoms with Gasteiger partial charge in [-0.3, -0.25) is 0 Å². The Labute approximate surface area is 398 Å². The Bertz CT molecular complexity index is 3530. The zero-order valence-electron chi connectivity index (χ0n) is 36.3. The molecule has 0 amide bonds. The SMILES string of the molecule is N#Cc1c(-c2cc(-c3ccccc3)cc(-c3cccs3)c2)cc(-n2c3ccc(-c4ccccc4)cc3c3cc(-c4ccccc4)ccc32)cc1-c1cc(-c2ccccc2)cc(-c2cccs2)c1. The van der Waals surface area contributed by atoms with Gasteiger partial charge >= 0.3 is 0 Å². The first-order chi connectivity index (χ1) is 33.1. The van der Waals surface area contributed by atoms with Gasteiger partial charge in [0.25, 0.3) is 0 Å². The monoisotopic (exact) mass is 888 g/mol. The molecule has 0 aliphatic carbocycles. The molecule has 0 saturated heterocycles. The number of hydrogen-bond acceptors (Lipinski definition) is 3. The minimum Gasteiger partial charge on any atom is -0.309 e. The van der Waals surface area contributed by atoms with Crippen molar-refractivity contribution in [3.63, 3.8) is 0 Å². The summed E-state index contributed by atoms with van der Waals surface area (Å²) in [5.41, 5.74) is 18.9. The van der Waals surface area contributed by atoms with E-state index in [9.17, 15) is 5.26 Å². The van der Waals surface area contributed by atoms with E-state index in [2.05, 4.69) is 252 Å². The van der Waals surface area contributed by atoms with E-state index in [0.717, 1.165) is 83.5 Å². The molecule has 0 radical (unpaired) electrons. The van der Waals surface area contributed by atoms with E-state index in [4.69, 9.17) is 0 Å². The Morgan fingerprint density at radius 3 is 1.06 bits per heavy atom. The predicted molar refractivity (Wildman–Crippen MR) is 285 cm³/mol. The second-order valence-corrected chi connectivity index (χ2v) is 18.7. The van der Waals surface area contributed by atoms with Crippen LogP contribution in [0.1, 0.15) is 5.56 Å². The molecule has 0 N–H and O–H groups in total. The van der Waals surface area contributed by atoms with Crippen molar-refractivity contribution in [2.45, 2.75) is 0 Å². The molecule has 0 spiro atoms. The predicted octanol–water partition coefficient (Wildman–Crippen LogP) is 18.1. The summed E-state index contributed by atoms with van der Waals surface area (Å²) in [7, 11) is 0. The van der Waals surface area contributed by atoms with Crippen molar-refractivity contribution < 1.29 is 0 Å². The summed E-state index contributed by atoms with van der Waals surface area (Å²) < 4.78 is 2.41. The molecule has 0 unspecified atom stereocenters. The highest BCUT2D eigenvalue weighted by molar-refractivity contribution is 7.13. The average molecular weight is 889 g/mol. The number of nitriles is 1. The van der Waals surface area contributed by atoms with Crippen LogP contribution < -0.4 is 0 Å². The fourth-order valence-corrected chi connectivity index (χ4v) is 11.0. The zero-order chi connectivity index (χ0) is 44.7. The van der Waals surface area contributed by atoms with Crippen molar-refractivity contribution >= 4 is 44.5 Å². The Kier molecular flexibility index (Phi) is 10.3. The molecule has 2 nitrogen and oxygen atoms in total. The summed E-state index contributed by atoms with van der Waals surface area (Å²) in [6.07, 6.45) is 0. The van der Waals surface area contributed by atoms with Gasteiger partial charge < -0.3 is 4.57 Å². The number of hydrogen-bond donors (Lipinski definition) is 0. The Balaban J connectivity index is 1.18. The Hall–Kier alpha value is -8.33. The number of benzene rings is 9. The standard InChI is InChI=1S/C63H40N2S2/c64-41-59-55(50-31-48(44-19-9-3-10-20-44)33-52(35-50)62-23-13-29-66-62)39-54(40-56(59)51-32-49(45-21-11-4-12-22-45)34-53(36-51)63-24-14-30-67-63)65-60-27-25-46(42-15-5-1-6-16-42)37-57(60)58-38-47(26-28-61(58)65)43-17-7-2-8-18-43/h1-40H. The summed E-state index contributed by atoms with van der Waals surface area (Å²) in [5, 5.41) is 18.2. The Morgan fingerprint density at radius 2 is 0.687 bits per heavy atom. The van der Waals surface area contributed by atoms with Gasteiger partial charge in [-0.05, 0) is 162 Å². The summed E-state index contributed by atoms with van der Waals surface area (Å²) >= 11 is 3.46. The van der Waals surface area contributed by atoms with Crippen LogP contribution in [0.25, 0.3) is 115 Å². The van der Waals surface area contributed by atoms with Gasteiger partial charge in [0.05, 0.1) is 16.6 Å². The topological polar surface area (TPSA) is 28.7 Å². The third-order valence-corrected chi connectivity index (χ3v) is 14.6. The number of aromatic nitrogens is 1. The highest BCUT2D eigenvalue weighted by atomic mass is 32.1. The van der Waals surface area contributed by atoms with Crippen LogP contribution in [0.15, 0.2) is 241 Å². The molecular weight excluding hydrogens is 849 g/mol. The van der Waals surface area contributed by atoms with Crippen LogP contribution in [0.2, 0.25) is 0 Å². The third kappa shape index (κ3) is 7.57. The van der Waals surface area contributed by atoms with E-state index in [1.54, 1.807) is 22.7 Å². The van der Waals surface area contributed by atoms with Crippen molar-refractivity contribution in [3.05, 3.63) is 247 Å². The van der Waals surface area contributed by atoms with Gasteiger partial charge in [0.1, 0.15) is 6.07 Å². The minimum atomic E-state index is 0.631. The highest BCUT2D eigenvalue weighted by Gasteiger charge is 2.22. The molecule has 314 valence electrons. The van der Waals surface area contributed by atoms with Gasteiger partial charge in [-0.15, -0.1) is 22.7 Å². The summed E-state index contributed by atoms with van der Waals surface area (Å²) in [5.74, 6) is 0. The molecule has 0 saturated carbocycles. The molecular formula is C63H40N2S2. The maximum atomic E-state index is 11.6. The van der Waals surface area contributed by atoms with E-state index in [-0.39, 0.29) is 0 Å². The lowest BCUT2D eigenvalue weighted by Crippen LogP contribution is -2.00. The second kappa shape index (κ2) is 17.2. The lowest BCUT2D eigenvalue weighted by molar-refractivity contribution is 1.18. The van der Waals surface area contributed by atoms with E-state index < -0.39 is 0 Å². The van der Waals surface area contributed by atoms with Crippen LogP contribution >= 0.6 is 22.7 Å². The van der Waals surface area contributed by atoms with Crippen LogP contribution in [-0.2, 0) is 0 Å². The quantitative estimate of drug-likeness (QED) is 0.142. The van der Waals surface area contributed by atoms with Crippen molar-refractivity contribution in [2.75, 3.05) is 0 Å². The van der Waals surface area contributed by atoms with Crippen molar-refractivity contribution in [1.29, 1.82) is 5.26 Å². The molecule has 0 bridgehead atoms. The lowest BCUT2D eigenvalue weighted by Gasteiger charge is -2.19. The first-order valence-electron chi connectivity index (χ1n) is 22.4. The molecule has 0 aliphatic heterocycles. The maximum Gasteiger partial charge on any atom is 0.100 e. The smallest absolute Gasteiger partial charge is 0.100 e. The van der Waals surface area contributed by atoms with Gasteiger partial charge in [0.2, 0.25) is 0 Å². The Morgan fingerprint density at radius 1 is 0.313 bits per heavy atom. The third-order valence-electron chi connectivity index (χ3n) is 12.8. The summed E-state index contributed by atoms with van der Waals surface area (Å²) in [6.45, 7) is 0. The number of nitrogens with zero attached hydrogens (tertiary/aromatic N) is 2. The van der Waals surface area contributed by atoms with Crippen LogP contribution in [0.5, 0.6) is 0 Å². The zero-order valence-corrected chi connectivity index (χ0v) is 37.9. The summed E-state index contributed by atoms with van der Waals surface area (Å²) in [4.78, 5) is 2.35. The molecule has 0 atom stereocenters. The van der Waals surface area contributed by atoms with Crippen LogP contribution in [-0.4, -0.2) is 4.57 Å². The van der Waals surface area contributed by atoms with Crippen molar-refractivity contribution in [2.24, 2.45) is 0 Å². The van der Waals surface area contributed by atoms with Crippen molar-refractivity contribution in [1.82, 2.24) is 4.57 Å². The lowest BCUT2D eigenvalue weighted by atomic mass is 9.87. The molecule has 3 aromatic heterocycles. The molecule has 67 heavy (non-hydrogen) atoms. The minimum absolute atomic E-state index is 0.631. The van der Waals surface area contributed by atoms with Gasteiger partial charge in [-0.1, -0.05) is 146 Å². The van der Waals surface area contributed by atoms with Crippen LogP contribution in [0.3, 0.4) is 0 Å². The first-order valence-corrected chi connectivity index (χ1v) is 24.2. The average Bonchev–Trinajstić information content (AvgIpc) is 4.22. The second-order valence-electron chi connectivity index (χ2n) is 16.8. The van der Waals surface area contributed by atoms with Gasteiger partial charge in [0.15, 0.2) is 0 Å². The fourth-order valence-electron chi connectivity index (χ4n) is 9.58.